The third-order valence-electron chi connectivity index (χ3n) is 4.15. The lowest BCUT2D eigenvalue weighted by Gasteiger charge is -2.31. The number of nitrogens with one attached hydrogen (secondary N) is 1. The smallest absolute Gasteiger partial charge is 0.220 e. The van der Waals surface area contributed by atoms with Crippen molar-refractivity contribution < 1.29 is 9.18 Å². The minimum Gasteiger partial charge on any atom is -0.352 e. The summed E-state index contributed by atoms with van der Waals surface area (Å²) < 4.78 is 13.2. The summed E-state index contributed by atoms with van der Waals surface area (Å²) in [5.41, 5.74) is 3.02. The third kappa shape index (κ3) is 3.16. The van der Waals surface area contributed by atoms with Gasteiger partial charge in [-0.05, 0) is 55.2 Å². The number of halogens is 1. The predicted molar refractivity (Wildman–Crippen MR) is 83.0 cm³/mol. The number of aryl methyl sites for hydroxylation is 1. The highest BCUT2D eigenvalue weighted by atomic mass is 19.1. The van der Waals surface area contributed by atoms with Crippen molar-refractivity contribution in [2.24, 2.45) is 0 Å². The number of nitrogens with zero attached hydrogens (tertiary/aromatic N) is 1. The number of pyridine rings is 1. The highest BCUT2D eigenvalue weighted by molar-refractivity contribution is 5.77. The molecule has 0 unspecified atom stereocenters. The molecule has 114 valence electrons. The summed E-state index contributed by atoms with van der Waals surface area (Å²) in [5, 5.41) is 3.07. The molecule has 3 nitrogen and oxygen atoms in total. The van der Waals surface area contributed by atoms with Gasteiger partial charge in [-0.15, -0.1) is 0 Å². The molecule has 1 aromatic heterocycles. The molecule has 1 aliphatic heterocycles. The summed E-state index contributed by atoms with van der Waals surface area (Å²) in [6.45, 7) is 2.02. The summed E-state index contributed by atoms with van der Waals surface area (Å²) >= 11 is 0. The average Bonchev–Trinajstić information content (AvgIpc) is 2.50. The van der Waals surface area contributed by atoms with E-state index in [9.17, 15) is 9.18 Å². The lowest BCUT2D eigenvalue weighted by molar-refractivity contribution is -0.123. The normalized spacial score (nSPS) is 19.5. The van der Waals surface area contributed by atoms with Gasteiger partial charge in [0.2, 0.25) is 5.91 Å². The molecule has 0 saturated carbocycles. The van der Waals surface area contributed by atoms with Gasteiger partial charge in [-0.2, -0.15) is 0 Å². The number of carbonyl (C=O) groups is 1. The molecule has 0 bridgehead atoms. The highest BCUT2D eigenvalue weighted by Crippen LogP contribution is 2.31. The maximum atomic E-state index is 13.2. The number of benzene rings is 1. The van der Waals surface area contributed by atoms with Crippen LogP contribution in [0.1, 0.15) is 42.0 Å². The van der Waals surface area contributed by atoms with Gasteiger partial charge in [0.05, 0.1) is 5.69 Å². The average molecular weight is 298 g/mol. The van der Waals surface area contributed by atoms with Gasteiger partial charge in [0.15, 0.2) is 0 Å². The van der Waals surface area contributed by atoms with E-state index < -0.39 is 0 Å². The summed E-state index contributed by atoms with van der Waals surface area (Å²) in [6.07, 6.45) is 4.14. The predicted octanol–water partition coefficient (Wildman–Crippen LogP) is 3.33. The summed E-state index contributed by atoms with van der Waals surface area (Å²) in [7, 11) is 0. The van der Waals surface area contributed by atoms with Gasteiger partial charge >= 0.3 is 0 Å². The quantitative estimate of drug-likeness (QED) is 0.944. The molecule has 2 aromatic rings. The van der Waals surface area contributed by atoms with Crippen LogP contribution in [0.4, 0.5) is 4.39 Å². The van der Waals surface area contributed by atoms with Gasteiger partial charge < -0.3 is 5.32 Å². The molecule has 1 saturated heterocycles. The second-order valence-electron chi connectivity index (χ2n) is 5.85. The van der Waals surface area contributed by atoms with E-state index in [1.165, 1.54) is 12.1 Å². The van der Waals surface area contributed by atoms with Crippen molar-refractivity contribution >= 4 is 5.91 Å². The topological polar surface area (TPSA) is 42.0 Å². The van der Waals surface area contributed by atoms with E-state index >= 15 is 0 Å². The van der Waals surface area contributed by atoms with Crippen LogP contribution in [0.2, 0.25) is 0 Å². The van der Waals surface area contributed by atoms with Crippen LogP contribution in [0.3, 0.4) is 0 Å². The van der Waals surface area contributed by atoms with Gasteiger partial charge in [-0.3, -0.25) is 9.78 Å². The van der Waals surface area contributed by atoms with Crippen molar-refractivity contribution in [2.45, 2.75) is 38.1 Å². The Labute approximate surface area is 129 Å². The Morgan fingerprint density at radius 2 is 2.05 bits per heavy atom. The molecule has 0 aliphatic carbocycles. The van der Waals surface area contributed by atoms with Crippen LogP contribution >= 0.6 is 0 Å². The van der Waals surface area contributed by atoms with Crippen molar-refractivity contribution in [1.29, 1.82) is 0 Å². The van der Waals surface area contributed by atoms with Crippen molar-refractivity contribution in [3.63, 3.8) is 0 Å². The Bertz CT molecular complexity index is 669. The monoisotopic (exact) mass is 298 g/mol. The highest BCUT2D eigenvalue weighted by Gasteiger charge is 2.30. The molecule has 2 heterocycles. The zero-order valence-electron chi connectivity index (χ0n) is 12.6. The van der Waals surface area contributed by atoms with E-state index in [0.717, 1.165) is 29.7 Å². The van der Waals surface area contributed by atoms with Gasteiger partial charge in [-0.25, -0.2) is 4.39 Å². The van der Waals surface area contributed by atoms with Crippen molar-refractivity contribution in [3.8, 4) is 0 Å². The number of amides is 1. The Balaban J connectivity index is 2.01. The van der Waals surface area contributed by atoms with Gasteiger partial charge in [0, 0.05) is 24.6 Å². The van der Waals surface area contributed by atoms with Crippen molar-refractivity contribution in [2.75, 3.05) is 0 Å². The van der Waals surface area contributed by atoms with E-state index in [-0.39, 0.29) is 23.7 Å². The van der Waals surface area contributed by atoms with Gasteiger partial charge in [0.1, 0.15) is 5.82 Å². The molecule has 2 atom stereocenters. The molecule has 1 fully saturated rings. The number of aromatic nitrogens is 1. The minimum absolute atomic E-state index is 0.000936. The summed E-state index contributed by atoms with van der Waals surface area (Å²) in [6, 6.07) is 10.5. The molecule has 1 N–H and O–H groups in total. The number of carbonyl (C=O) groups excluding carboxylic acids is 1. The Morgan fingerprint density at radius 3 is 2.73 bits per heavy atom. The maximum Gasteiger partial charge on any atom is 0.220 e. The van der Waals surface area contributed by atoms with E-state index in [1.807, 2.05) is 19.1 Å². The van der Waals surface area contributed by atoms with Crippen LogP contribution in [0.5, 0.6) is 0 Å². The maximum absolute atomic E-state index is 13.2. The van der Waals surface area contributed by atoms with Crippen LogP contribution < -0.4 is 5.32 Å². The van der Waals surface area contributed by atoms with Crippen LogP contribution in [0.15, 0.2) is 42.6 Å². The third-order valence-corrected chi connectivity index (χ3v) is 4.15. The molecule has 4 heteroatoms. The van der Waals surface area contributed by atoms with E-state index in [4.69, 9.17) is 0 Å². The fourth-order valence-corrected chi connectivity index (χ4v) is 3.09. The largest absolute Gasteiger partial charge is 0.352 e. The first-order chi connectivity index (χ1) is 10.6. The second-order valence-corrected chi connectivity index (χ2v) is 5.85. The first kappa shape index (κ1) is 14.7. The standard InChI is InChI=1S/C18H19FN2O/c1-12-9-10-20-16(11-12)18(13-5-7-14(19)8-6-13)15-3-2-4-17(22)21-15/h5-11,15,18H,2-4H2,1H3,(H,21,22)/t15-,18-/m1/s1. The Morgan fingerprint density at radius 1 is 1.27 bits per heavy atom. The lowest BCUT2D eigenvalue weighted by atomic mass is 9.83. The number of hydrogen-bond acceptors (Lipinski definition) is 2. The molecule has 22 heavy (non-hydrogen) atoms. The van der Waals surface area contributed by atoms with E-state index in [2.05, 4.69) is 10.3 Å². The number of hydrogen-bond donors (Lipinski definition) is 1. The summed E-state index contributed by atoms with van der Waals surface area (Å²) in [4.78, 5) is 16.3. The molecule has 0 radical (unpaired) electrons. The molecule has 1 aliphatic rings. The zero-order chi connectivity index (χ0) is 15.5. The number of piperidine rings is 1. The SMILES string of the molecule is Cc1ccnc([C@H](c2ccc(F)cc2)[C@H]2CCCC(=O)N2)c1. The number of rotatable bonds is 3. The van der Waals surface area contributed by atoms with Crippen LogP contribution in [0.25, 0.3) is 0 Å². The fraction of sp³-hybridized carbons (Fsp3) is 0.333. The minimum atomic E-state index is -0.257. The van der Waals surface area contributed by atoms with Crippen molar-refractivity contribution in [1.82, 2.24) is 10.3 Å². The second kappa shape index (κ2) is 6.26. The van der Waals surface area contributed by atoms with Gasteiger partial charge in [-0.1, -0.05) is 12.1 Å². The lowest BCUT2D eigenvalue weighted by Crippen LogP contribution is -2.43. The Kier molecular flexibility index (Phi) is 4.18. The fourth-order valence-electron chi connectivity index (χ4n) is 3.09. The molecular formula is C18H19FN2O. The molecule has 0 spiro atoms. The molecular weight excluding hydrogens is 279 g/mol. The first-order valence-corrected chi connectivity index (χ1v) is 7.61. The van der Waals surface area contributed by atoms with Crippen LogP contribution in [-0.2, 0) is 4.79 Å². The molecule has 3 rings (SSSR count). The van der Waals surface area contributed by atoms with Crippen LogP contribution in [-0.4, -0.2) is 16.9 Å². The van der Waals surface area contributed by atoms with Crippen LogP contribution in [0, 0.1) is 12.7 Å². The summed E-state index contributed by atoms with van der Waals surface area (Å²) in [5.74, 6) is -0.229. The van der Waals surface area contributed by atoms with E-state index in [0.29, 0.717) is 6.42 Å². The van der Waals surface area contributed by atoms with E-state index in [1.54, 1.807) is 18.3 Å². The molecule has 1 aromatic carbocycles. The Hall–Kier alpha value is -2.23. The van der Waals surface area contributed by atoms with Gasteiger partial charge in [0.25, 0.3) is 0 Å². The zero-order valence-corrected chi connectivity index (χ0v) is 12.6. The first-order valence-electron chi connectivity index (χ1n) is 7.61. The molecule has 1 amide bonds. The van der Waals surface area contributed by atoms with Crippen molar-refractivity contribution in [3.05, 3.63) is 65.2 Å².